The minimum atomic E-state index is -1.08. The summed E-state index contributed by atoms with van der Waals surface area (Å²) in [6.07, 6.45) is 1.37. The number of carbonyl (C=O) groups excluding carboxylic acids is 1. The summed E-state index contributed by atoms with van der Waals surface area (Å²) < 4.78 is 5.46. The van der Waals surface area contributed by atoms with Crippen molar-refractivity contribution in [2.24, 2.45) is 5.92 Å². The molecule has 0 amide bonds. The van der Waals surface area contributed by atoms with Gasteiger partial charge in [0.2, 0.25) is 0 Å². The van der Waals surface area contributed by atoms with Crippen LogP contribution in [0, 0.1) is 5.92 Å². The first kappa shape index (κ1) is 17.9. The fraction of sp³-hybridized carbons (Fsp3) is 0.273. The number of esters is 1. The van der Waals surface area contributed by atoms with Crippen LogP contribution in [0.2, 0.25) is 0 Å². The Bertz CT molecular complexity index is 818. The van der Waals surface area contributed by atoms with Gasteiger partial charge in [-0.25, -0.2) is 4.79 Å². The van der Waals surface area contributed by atoms with E-state index < -0.39 is 11.9 Å². The lowest BCUT2D eigenvalue weighted by Gasteiger charge is -2.14. The molecule has 0 radical (unpaired) electrons. The number of hydrogen-bond acceptors (Lipinski definition) is 3. The van der Waals surface area contributed by atoms with Gasteiger partial charge < -0.3 is 9.84 Å². The van der Waals surface area contributed by atoms with E-state index in [1.807, 2.05) is 38.1 Å². The zero-order valence-corrected chi connectivity index (χ0v) is 14.9. The van der Waals surface area contributed by atoms with Crippen LogP contribution in [0.1, 0.15) is 37.3 Å². The number of benzene rings is 2. The van der Waals surface area contributed by atoms with Crippen LogP contribution in [0.3, 0.4) is 0 Å². The SMILES string of the molecule is CC(C)/C=C(/CC(=O)OCC1c2ccccc2-c2ccccc21)C(=O)O. The normalized spacial score (nSPS) is 13.4. The molecular formula is C22H22O4. The maximum Gasteiger partial charge on any atom is 0.331 e. The largest absolute Gasteiger partial charge is 0.478 e. The average Bonchev–Trinajstić information content (AvgIpc) is 2.93. The summed E-state index contributed by atoms with van der Waals surface area (Å²) in [5.41, 5.74) is 4.68. The Hall–Kier alpha value is -2.88. The van der Waals surface area contributed by atoms with Crippen molar-refractivity contribution < 1.29 is 19.4 Å². The number of fused-ring (bicyclic) bond motifs is 3. The lowest BCUT2D eigenvalue weighted by Crippen LogP contribution is -2.15. The minimum Gasteiger partial charge on any atom is -0.478 e. The molecule has 0 aromatic heterocycles. The number of hydrogen-bond donors (Lipinski definition) is 1. The molecule has 4 heteroatoms. The molecule has 0 bridgehead atoms. The number of allylic oxidation sites excluding steroid dienone is 1. The van der Waals surface area contributed by atoms with Gasteiger partial charge in [0.05, 0.1) is 6.42 Å². The van der Waals surface area contributed by atoms with Gasteiger partial charge in [-0.15, -0.1) is 0 Å². The monoisotopic (exact) mass is 350 g/mol. The molecule has 0 heterocycles. The van der Waals surface area contributed by atoms with E-state index in [4.69, 9.17) is 4.74 Å². The third kappa shape index (κ3) is 3.69. The number of rotatable bonds is 6. The molecule has 0 saturated heterocycles. The molecule has 3 rings (SSSR count). The fourth-order valence-electron chi connectivity index (χ4n) is 3.43. The van der Waals surface area contributed by atoms with Crippen molar-refractivity contribution in [1.29, 1.82) is 0 Å². The predicted molar refractivity (Wildman–Crippen MR) is 99.9 cm³/mol. The molecule has 0 unspecified atom stereocenters. The summed E-state index contributed by atoms with van der Waals surface area (Å²) in [4.78, 5) is 23.5. The molecule has 2 aromatic carbocycles. The molecule has 0 atom stereocenters. The molecule has 26 heavy (non-hydrogen) atoms. The summed E-state index contributed by atoms with van der Waals surface area (Å²) in [6.45, 7) is 3.96. The van der Waals surface area contributed by atoms with Gasteiger partial charge in [0, 0.05) is 11.5 Å². The summed E-state index contributed by atoms with van der Waals surface area (Å²) >= 11 is 0. The van der Waals surface area contributed by atoms with Crippen molar-refractivity contribution in [2.45, 2.75) is 26.2 Å². The van der Waals surface area contributed by atoms with Gasteiger partial charge in [-0.3, -0.25) is 4.79 Å². The van der Waals surface area contributed by atoms with E-state index in [-0.39, 0.29) is 30.4 Å². The second-order valence-corrected chi connectivity index (χ2v) is 6.83. The second-order valence-electron chi connectivity index (χ2n) is 6.83. The number of carboxylic acids is 1. The van der Waals surface area contributed by atoms with Gasteiger partial charge in [-0.05, 0) is 28.2 Å². The molecule has 1 aliphatic rings. The number of aliphatic carboxylic acids is 1. The van der Waals surface area contributed by atoms with Crippen LogP contribution in [0.4, 0.5) is 0 Å². The lowest BCUT2D eigenvalue weighted by molar-refractivity contribution is -0.145. The number of carboxylic acid groups (broad SMARTS) is 1. The number of ether oxygens (including phenoxy) is 1. The van der Waals surface area contributed by atoms with E-state index in [0.29, 0.717) is 0 Å². The Labute approximate surface area is 153 Å². The molecule has 2 aromatic rings. The second kappa shape index (κ2) is 7.56. The first-order valence-corrected chi connectivity index (χ1v) is 8.75. The van der Waals surface area contributed by atoms with Crippen molar-refractivity contribution in [3.63, 3.8) is 0 Å². The average molecular weight is 350 g/mol. The van der Waals surface area contributed by atoms with E-state index in [1.165, 1.54) is 0 Å². The molecule has 0 spiro atoms. The third-order valence-corrected chi connectivity index (χ3v) is 4.52. The van der Waals surface area contributed by atoms with E-state index in [2.05, 4.69) is 24.3 Å². The van der Waals surface area contributed by atoms with Gasteiger partial charge in [0.15, 0.2) is 0 Å². The first-order chi connectivity index (χ1) is 12.5. The van der Waals surface area contributed by atoms with Crippen molar-refractivity contribution in [3.05, 3.63) is 71.3 Å². The van der Waals surface area contributed by atoms with Crippen LogP contribution in [0.25, 0.3) is 11.1 Å². The Balaban J connectivity index is 1.74. The summed E-state index contributed by atoms with van der Waals surface area (Å²) in [5.74, 6) is -1.55. The van der Waals surface area contributed by atoms with Crippen molar-refractivity contribution >= 4 is 11.9 Å². The molecule has 1 N–H and O–H groups in total. The van der Waals surface area contributed by atoms with Crippen LogP contribution in [0.15, 0.2) is 60.2 Å². The van der Waals surface area contributed by atoms with E-state index in [0.717, 1.165) is 22.3 Å². The van der Waals surface area contributed by atoms with Crippen molar-refractivity contribution in [3.8, 4) is 11.1 Å². The smallest absolute Gasteiger partial charge is 0.331 e. The fourth-order valence-corrected chi connectivity index (χ4v) is 3.43. The Morgan fingerprint density at radius 1 is 1.04 bits per heavy atom. The first-order valence-electron chi connectivity index (χ1n) is 8.75. The molecular weight excluding hydrogens is 328 g/mol. The van der Waals surface area contributed by atoms with Gasteiger partial charge in [0.1, 0.15) is 6.61 Å². The van der Waals surface area contributed by atoms with Gasteiger partial charge in [-0.2, -0.15) is 0 Å². The minimum absolute atomic E-state index is 0.0197. The van der Waals surface area contributed by atoms with Gasteiger partial charge in [-0.1, -0.05) is 68.5 Å². The van der Waals surface area contributed by atoms with E-state index in [9.17, 15) is 14.7 Å². The molecule has 0 aliphatic heterocycles. The van der Waals surface area contributed by atoms with E-state index in [1.54, 1.807) is 6.08 Å². The highest BCUT2D eigenvalue weighted by Crippen LogP contribution is 2.44. The molecule has 0 saturated carbocycles. The van der Waals surface area contributed by atoms with Crippen LogP contribution in [-0.2, 0) is 14.3 Å². The number of carbonyl (C=O) groups is 2. The topological polar surface area (TPSA) is 63.6 Å². The van der Waals surface area contributed by atoms with Gasteiger partial charge >= 0.3 is 11.9 Å². The molecule has 4 nitrogen and oxygen atoms in total. The summed E-state index contributed by atoms with van der Waals surface area (Å²) in [5, 5.41) is 9.24. The van der Waals surface area contributed by atoms with Crippen LogP contribution < -0.4 is 0 Å². The summed E-state index contributed by atoms with van der Waals surface area (Å²) in [7, 11) is 0. The quantitative estimate of drug-likeness (QED) is 0.619. The Morgan fingerprint density at radius 2 is 1.58 bits per heavy atom. The highest BCUT2D eigenvalue weighted by Gasteiger charge is 2.29. The zero-order chi connectivity index (χ0) is 18.7. The van der Waals surface area contributed by atoms with E-state index >= 15 is 0 Å². The Morgan fingerprint density at radius 3 is 2.08 bits per heavy atom. The highest BCUT2D eigenvalue weighted by molar-refractivity contribution is 5.92. The maximum atomic E-state index is 12.2. The molecule has 1 aliphatic carbocycles. The summed E-state index contributed by atoms with van der Waals surface area (Å²) in [6, 6.07) is 16.2. The van der Waals surface area contributed by atoms with Crippen molar-refractivity contribution in [1.82, 2.24) is 0 Å². The molecule has 134 valence electrons. The zero-order valence-electron chi connectivity index (χ0n) is 14.9. The standard InChI is InChI=1S/C22H22O4/c1-14(2)11-15(22(24)25)12-21(23)26-13-20-18-9-5-3-7-16(18)17-8-4-6-10-19(17)20/h3-11,14,20H,12-13H2,1-2H3,(H,24,25)/b15-11-. The Kier molecular flexibility index (Phi) is 5.21. The molecule has 0 fully saturated rings. The third-order valence-electron chi connectivity index (χ3n) is 4.52. The van der Waals surface area contributed by atoms with Crippen LogP contribution >= 0.6 is 0 Å². The van der Waals surface area contributed by atoms with Crippen LogP contribution in [-0.4, -0.2) is 23.7 Å². The highest BCUT2D eigenvalue weighted by atomic mass is 16.5. The van der Waals surface area contributed by atoms with Crippen molar-refractivity contribution in [2.75, 3.05) is 6.61 Å². The van der Waals surface area contributed by atoms with Gasteiger partial charge in [0.25, 0.3) is 0 Å². The maximum absolute atomic E-state index is 12.2. The predicted octanol–water partition coefficient (Wildman–Crippen LogP) is 4.40. The van der Waals surface area contributed by atoms with Crippen LogP contribution in [0.5, 0.6) is 0 Å². The lowest BCUT2D eigenvalue weighted by atomic mass is 9.98.